The summed E-state index contributed by atoms with van der Waals surface area (Å²) in [5.41, 5.74) is 0.571. The molecule has 2 aromatic rings. The van der Waals surface area contributed by atoms with Crippen molar-refractivity contribution in [1.82, 2.24) is 4.90 Å². The number of carbonyl (C=O) groups excluding carboxylic acids is 2. The number of thioether (sulfide) groups is 1. The van der Waals surface area contributed by atoms with E-state index in [2.05, 4.69) is 5.32 Å². The van der Waals surface area contributed by atoms with E-state index in [1.54, 1.807) is 41.3 Å². The molecule has 0 bridgehead atoms. The van der Waals surface area contributed by atoms with Crippen molar-refractivity contribution in [3.63, 3.8) is 0 Å². The predicted molar refractivity (Wildman–Crippen MR) is 102 cm³/mol. The molecule has 1 aliphatic rings. The molecule has 0 unspecified atom stereocenters. The van der Waals surface area contributed by atoms with Gasteiger partial charge in [0.05, 0.1) is 32.4 Å². The zero-order chi connectivity index (χ0) is 20.1. The molecule has 2 N–H and O–H groups in total. The lowest BCUT2D eigenvalue weighted by Gasteiger charge is -2.34. The summed E-state index contributed by atoms with van der Waals surface area (Å²) >= 11 is 0.467. The molecule has 1 saturated heterocycles. The van der Waals surface area contributed by atoms with Crippen LogP contribution in [0.3, 0.4) is 0 Å². The smallest absolute Gasteiger partial charge is 0.289 e. The molecule has 1 aromatic heterocycles. The van der Waals surface area contributed by atoms with Gasteiger partial charge in [0.15, 0.2) is 11.8 Å². The number of carbonyl (C=O) groups is 2. The van der Waals surface area contributed by atoms with Crippen LogP contribution in [0.1, 0.15) is 17.5 Å². The summed E-state index contributed by atoms with van der Waals surface area (Å²) in [6, 6.07) is 9.38. The quantitative estimate of drug-likeness (QED) is 0.715. The third kappa shape index (κ3) is 5.11. The van der Waals surface area contributed by atoms with Crippen LogP contribution in [0.25, 0.3) is 0 Å². The number of halogens is 2. The molecule has 150 valence electrons. The molecule has 2 amide bonds. The third-order valence-electron chi connectivity index (χ3n) is 4.78. The number of quaternary nitrogens is 1. The normalized spacial score (nSPS) is 16.2. The number of hydrogen-bond donors (Lipinski definition) is 2. The van der Waals surface area contributed by atoms with Gasteiger partial charge in [0.25, 0.3) is 17.6 Å². The molecule has 28 heavy (non-hydrogen) atoms. The van der Waals surface area contributed by atoms with Gasteiger partial charge in [-0.05, 0) is 43.3 Å². The molecule has 1 aliphatic heterocycles. The number of alkyl halides is 2. The number of furan rings is 1. The number of hydrogen-bond acceptors (Lipinski definition) is 4. The second kappa shape index (κ2) is 9.20. The van der Waals surface area contributed by atoms with E-state index >= 15 is 0 Å². The molecular weight excluding hydrogens is 388 g/mol. The van der Waals surface area contributed by atoms with Gasteiger partial charge in [-0.25, -0.2) is 0 Å². The number of amides is 2. The van der Waals surface area contributed by atoms with Gasteiger partial charge in [0.2, 0.25) is 0 Å². The van der Waals surface area contributed by atoms with Crippen molar-refractivity contribution in [2.24, 2.45) is 0 Å². The highest BCUT2D eigenvalue weighted by Gasteiger charge is 2.31. The van der Waals surface area contributed by atoms with E-state index < -0.39 is 5.76 Å². The summed E-state index contributed by atoms with van der Waals surface area (Å²) in [6.07, 6.45) is 1.47. The minimum Gasteiger partial charge on any atom is -0.459 e. The zero-order valence-electron chi connectivity index (χ0n) is 15.4. The second-order valence-corrected chi connectivity index (χ2v) is 7.61. The Morgan fingerprint density at radius 1 is 1.18 bits per heavy atom. The van der Waals surface area contributed by atoms with Crippen LogP contribution in [0.2, 0.25) is 0 Å². The minimum atomic E-state index is -2.47. The van der Waals surface area contributed by atoms with Gasteiger partial charge in [-0.1, -0.05) is 11.8 Å². The van der Waals surface area contributed by atoms with Crippen LogP contribution in [0.15, 0.2) is 52.0 Å². The molecular formula is C19H22F2N3O3S+. The number of anilines is 1. The fourth-order valence-corrected chi connectivity index (χ4v) is 3.64. The molecule has 3 rings (SSSR count). The van der Waals surface area contributed by atoms with Gasteiger partial charge >= 0.3 is 0 Å². The molecule has 0 spiro atoms. The number of nitrogens with one attached hydrogen (secondary N) is 2. The monoisotopic (exact) mass is 410 g/mol. The molecule has 9 heteroatoms. The van der Waals surface area contributed by atoms with Crippen LogP contribution in [-0.4, -0.2) is 54.7 Å². The van der Waals surface area contributed by atoms with Gasteiger partial charge < -0.3 is 19.5 Å². The van der Waals surface area contributed by atoms with Crippen LogP contribution in [0.4, 0.5) is 14.5 Å². The molecule has 6 nitrogen and oxygen atoms in total. The standard InChI is InChI=1S/C19H21F2N3O3S/c1-13(17(25)22-14-4-6-15(7-5-14)28-19(20)21)23-8-10-24(11-9-23)18(26)16-3-2-12-27-16/h2-7,12-13,19H,8-11H2,1H3,(H,22,25)/p+1/t13-/m1/s1. The van der Waals surface area contributed by atoms with E-state index in [0.29, 0.717) is 54.3 Å². The SMILES string of the molecule is C[C@H](C(=O)Nc1ccc(SC(F)F)cc1)[NH+]1CCN(C(=O)c2ccco2)CC1. The Bertz CT molecular complexity index is 791. The molecule has 1 aromatic carbocycles. The number of rotatable bonds is 6. The Morgan fingerprint density at radius 3 is 2.43 bits per heavy atom. The summed E-state index contributed by atoms with van der Waals surface area (Å²) in [5.74, 6) is -2.43. The van der Waals surface area contributed by atoms with E-state index in [1.807, 2.05) is 6.92 Å². The van der Waals surface area contributed by atoms with Gasteiger partial charge in [0, 0.05) is 10.6 Å². The molecule has 1 atom stereocenters. The van der Waals surface area contributed by atoms with Crippen molar-refractivity contribution in [3.05, 3.63) is 48.4 Å². The first kappa shape index (κ1) is 20.3. The number of nitrogens with zero attached hydrogens (tertiary/aromatic N) is 1. The number of piperazine rings is 1. The van der Waals surface area contributed by atoms with Crippen LogP contribution in [0, 0.1) is 0 Å². The van der Waals surface area contributed by atoms with E-state index in [0.717, 1.165) is 4.90 Å². The van der Waals surface area contributed by atoms with Gasteiger partial charge in [-0.3, -0.25) is 9.59 Å². The van der Waals surface area contributed by atoms with E-state index in [1.165, 1.54) is 6.26 Å². The Hall–Kier alpha value is -2.39. The first-order valence-electron chi connectivity index (χ1n) is 8.97. The van der Waals surface area contributed by atoms with E-state index in [-0.39, 0.29) is 17.9 Å². The zero-order valence-corrected chi connectivity index (χ0v) is 16.2. The summed E-state index contributed by atoms with van der Waals surface area (Å²) < 4.78 is 29.9. The Morgan fingerprint density at radius 2 is 1.86 bits per heavy atom. The summed E-state index contributed by atoms with van der Waals surface area (Å²) in [4.78, 5) is 28.1. The maximum Gasteiger partial charge on any atom is 0.289 e. The third-order valence-corrected chi connectivity index (χ3v) is 5.50. The largest absolute Gasteiger partial charge is 0.459 e. The fraction of sp³-hybridized carbons (Fsp3) is 0.368. The van der Waals surface area contributed by atoms with Crippen LogP contribution in [-0.2, 0) is 4.79 Å². The Kier molecular flexibility index (Phi) is 6.69. The second-order valence-electron chi connectivity index (χ2n) is 6.54. The summed E-state index contributed by atoms with van der Waals surface area (Å²) in [5, 5.41) is 2.82. The lowest BCUT2D eigenvalue weighted by Crippen LogP contribution is -3.19. The highest BCUT2D eigenvalue weighted by molar-refractivity contribution is 7.99. The van der Waals surface area contributed by atoms with Crippen molar-refractivity contribution in [1.29, 1.82) is 0 Å². The first-order chi connectivity index (χ1) is 13.4. The molecule has 0 radical (unpaired) electrons. The minimum absolute atomic E-state index is 0.136. The first-order valence-corrected chi connectivity index (χ1v) is 9.85. The number of benzene rings is 1. The highest BCUT2D eigenvalue weighted by atomic mass is 32.2. The van der Waals surface area contributed by atoms with Crippen molar-refractivity contribution >= 4 is 29.3 Å². The van der Waals surface area contributed by atoms with Crippen molar-refractivity contribution in [2.75, 3.05) is 31.5 Å². The van der Waals surface area contributed by atoms with Crippen molar-refractivity contribution < 1.29 is 27.7 Å². The van der Waals surface area contributed by atoms with Crippen LogP contribution in [0.5, 0.6) is 0 Å². The average molecular weight is 410 g/mol. The lowest BCUT2D eigenvalue weighted by molar-refractivity contribution is -0.917. The highest BCUT2D eigenvalue weighted by Crippen LogP contribution is 2.26. The molecule has 0 saturated carbocycles. The Labute approximate surface area is 165 Å². The topological polar surface area (TPSA) is 67.0 Å². The lowest BCUT2D eigenvalue weighted by atomic mass is 10.2. The van der Waals surface area contributed by atoms with Crippen molar-refractivity contribution in [3.8, 4) is 0 Å². The van der Waals surface area contributed by atoms with E-state index in [9.17, 15) is 18.4 Å². The molecule has 2 heterocycles. The van der Waals surface area contributed by atoms with Gasteiger partial charge in [0.1, 0.15) is 0 Å². The average Bonchev–Trinajstić information content (AvgIpc) is 3.23. The molecule has 0 aliphatic carbocycles. The maximum atomic E-state index is 12.5. The summed E-state index contributed by atoms with van der Waals surface area (Å²) in [6.45, 7) is 4.25. The molecule has 1 fully saturated rings. The Balaban J connectivity index is 1.49. The van der Waals surface area contributed by atoms with Crippen LogP contribution < -0.4 is 10.2 Å². The van der Waals surface area contributed by atoms with Gasteiger partial charge in [-0.2, -0.15) is 8.78 Å². The van der Waals surface area contributed by atoms with Crippen molar-refractivity contribution in [2.45, 2.75) is 23.6 Å². The predicted octanol–water partition coefficient (Wildman–Crippen LogP) is 1.96. The van der Waals surface area contributed by atoms with E-state index in [4.69, 9.17) is 4.42 Å². The van der Waals surface area contributed by atoms with Gasteiger partial charge in [-0.15, -0.1) is 0 Å². The fourth-order valence-electron chi connectivity index (χ4n) is 3.14. The maximum absolute atomic E-state index is 12.5. The van der Waals surface area contributed by atoms with Crippen LogP contribution >= 0.6 is 11.8 Å². The summed E-state index contributed by atoms with van der Waals surface area (Å²) in [7, 11) is 0.